The van der Waals surface area contributed by atoms with Gasteiger partial charge in [-0.25, -0.2) is 0 Å². The quantitative estimate of drug-likeness (QED) is 0.343. The van der Waals surface area contributed by atoms with E-state index in [1.54, 1.807) is 30.3 Å². The van der Waals surface area contributed by atoms with E-state index in [9.17, 15) is 9.90 Å². The molecule has 0 unspecified atom stereocenters. The van der Waals surface area contributed by atoms with Crippen LogP contribution in [0.2, 0.25) is 0 Å². The first-order chi connectivity index (χ1) is 20.9. The summed E-state index contributed by atoms with van der Waals surface area (Å²) in [6.45, 7) is 6.33. The lowest BCUT2D eigenvalue weighted by Gasteiger charge is -2.39. The number of likely N-dealkylation sites (tertiary alicyclic amines) is 1. The first-order valence-corrected chi connectivity index (χ1v) is 15.3. The Labute approximate surface area is 254 Å². The predicted molar refractivity (Wildman–Crippen MR) is 164 cm³/mol. The van der Waals surface area contributed by atoms with E-state index in [0.717, 1.165) is 43.2 Å². The lowest BCUT2D eigenvalue weighted by molar-refractivity contribution is 0.0503. The second kappa shape index (κ2) is 13.3. The number of pyridine rings is 1. The molecule has 0 radical (unpaired) electrons. The lowest BCUT2D eigenvalue weighted by Crippen LogP contribution is -2.48. The van der Waals surface area contributed by atoms with Crippen molar-refractivity contribution in [3.63, 3.8) is 0 Å². The molecule has 0 spiro atoms. The van der Waals surface area contributed by atoms with Gasteiger partial charge < -0.3 is 29.1 Å². The van der Waals surface area contributed by atoms with Crippen LogP contribution in [0.1, 0.15) is 51.9 Å². The number of amides is 1. The first kappa shape index (κ1) is 29.4. The van der Waals surface area contributed by atoms with E-state index in [2.05, 4.69) is 52.2 Å². The first-order valence-electron chi connectivity index (χ1n) is 15.3. The number of piperazine rings is 1. The maximum atomic E-state index is 13.1. The van der Waals surface area contributed by atoms with Crippen molar-refractivity contribution >= 4 is 5.91 Å². The van der Waals surface area contributed by atoms with E-state index < -0.39 is 6.10 Å². The maximum Gasteiger partial charge on any atom is 0.272 e. The minimum absolute atomic E-state index is 0.126. The summed E-state index contributed by atoms with van der Waals surface area (Å²) in [5, 5.41) is 10.5. The number of carbonyl (C=O) groups excluding carboxylic acids is 1. The molecule has 2 aromatic carbocycles. The van der Waals surface area contributed by atoms with Crippen LogP contribution >= 0.6 is 0 Å². The fraction of sp³-hybridized carbons (Fsp3) is 0.471. The van der Waals surface area contributed by atoms with Crippen LogP contribution in [0.25, 0.3) is 0 Å². The molecule has 43 heavy (non-hydrogen) atoms. The van der Waals surface area contributed by atoms with E-state index in [1.807, 2.05) is 12.1 Å². The number of hydrogen-bond donors (Lipinski definition) is 1. The molecule has 0 bridgehead atoms. The van der Waals surface area contributed by atoms with Gasteiger partial charge in [0.15, 0.2) is 11.5 Å². The van der Waals surface area contributed by atoms with Gasteiger partial charge in [-0.2, -0.15) is 0 Å². The lowest BCUT2D eigenvalue weighted by atomic mass is 9.91. The smallest absolute Gasteiger partial charge is 0.272 e. The predicted octanol–water partition coefficient (Wildman–Crippen LogP) is 3.77. The van der Waals surface area contributed by atoms with Gasteiger partial charge in [-0.1, -0.05) is 30.3 Å². The normalized spacial score (nSPS) is 18.6. The van der Waals surface area contributed by atoms with Crippen LogP contribution < -0.4 is 14.2 Å². The number of aliphatic hydroxyl groups is 1. The van der Waals surface area contributed by atoms with E-state index in [1.165, 1.54) is 18.4 Å². The van der Waals surface area contributed by atoms with Gasteiger partial charge in [0.25, 0.3) is 5.91 Å². The molecule has 3 aromatic rings. The zero-order chi connectivity index (χ0) is 29.8. The SMILES string of the molecule is COc1cc(C2CN(C(=O)c3cc(OC[C@@H](O)CN4CCN(C)CC4)ccn3)C2)ccc1OCc1ccc(C2CC2)cc1. The van der Waals surface area contributed by atoms with E-state index in [0.29, 0.717) is 49.2 Å². The third kappa shape index (κ3) is 7.47. The number of β-amino-alcohol motifs (C(OH)–C–C–N with tert-alkyl or cyclic N) is 1. The molecule has 1 aromatic heterocycles. The molecule has 3 aliphatic rings. The highest BCUT2D eigenvalue weighted by atomic mass is 16.5. The third-order valence-corrected chi connectivity index (χ3v) is 8.71. The van der Waals surface area contributed by atoms with Crippen LogP contribution in [0, 0.1) is 0 Å². The Kier molecular flexibility index (Phi) is 9.11. The summed E-state index contributed by atoms with van der Waals surface area (Å²) in [6, 6.07) is 18.1. The Morgan fingerprint density at radius 1 is 0.930 bits per heavy atom. The Hall–Kier alpha value is -3.66. The summed E-state index contributed by atoms with van der Waals surface area (Å²) >= 11 is 0. The van der Waals surface area contributed by atoms with Crippen LogP contribution in [0.3, 0.4) is 0 Å². The van der Waals surface area contributed by atoms with Crippen LogP contribution in [-0.4, -0.2) is 103 Å². The Bertz CT molecular complexity index is 1380. The highest BCUT2D eigenvalue weighted by Crippen LogP contribution is 2.40. The van der Waals surface area contributed by atoms with Gasteiger partial charge in [0.05, 0.1) is 7.11 Å². The second-order valence-corrected chi connectivity index (χ2v) is 12.1. The standard InChI is InChI=1S/C34H42N4O5/c1-36-13-15-37(16-14-36)21-29(39)23-42-30-11-12-35-31(18-30)34(40)38-19-28(20-38)27-9-10-32(33(17-27)41-2)43-22-24-3-5-25(6-4-24)26-7-8-26/h3-6,9-12,17-18,26,28-29,39H,7-8,13-16,19-23H2,1-2H3/t29-/m0/s1. The number of ether oxygens (including phenoxy) is 3. The van der Waals surface area contributed by atoms with Crippen molar-refractivity contribution in [2.75, 3.05) is 66.6 Å². The van der Waals surface area contributed by atoms with E-state index in [-0.39, 0.29) is 18.4 Å². The molecular formula is C34H42N4O5. The van der Waals surface area contributed by atoms with Gasteiger partial charge in [0.2, 0.25) is 0 Å². The third-order valence-electron chi connectivity index (χ3n) is 8.71. The zero-order valence-electron chi connectivity index (χ0n) is 25.2. The number of carbonyl (C=O) groups is 1. The molecule has 1 aliphatic carbocycles. The summed E-state index contributed by atoms with van der Waals surface area (Å²) in [5.41, 5.74) is 4.01. The summed E-state index contributed by atoms with van der Waals surface area (Å²) in [4.78, 5) is 23.8. The van der Waals surface area contributed by atoms with Crippen molar-refractivity contribution in [1.82, 2.24) is 19.7 Å². The number of nitrogens with zero attached hydrogens (tertiary/aromatic N) is 4. The Balaban J connectivity index is 0.977. The number of methoxy groups -OCH3 is 1. The van der Waals surface area contributed by atoms with Crippen LogP contribution in [0.4, 0.5) is 0 Å². The number of likely N-dealkylation sites (N-methyl/N-ethyl adjacent to an activating group) is 1. The number of rotatable bonds is 12. The Morgan fingerprint density at radius 2 is 1.67 bits per heavy atom. The molecule has 9 heteroatoms. The summed E-state index contributed by atoms with van der Waals surface area (Å²) in [6.07, 6.45) is 3.58. The van der Waals surface area contributed by atoms with Crippen molar-refractivity contribution in [3.8, 4) is 17.2 Å². The molecule has 2 saturated heterocycles. The monoisotopic (exact) mass is 586 g/mol. The fourth-order valence-corrected chi connectivity index (χ4v) is 5.73. The van der Waals surface area contributed by atoms with Crippen molar-refractivity contribution in [3.05, 3.63) is 83.2 Å². The molecule has 1 N–H and O–H groups in total. The molecule has 1 atom stereocenters. The van der Waals surface area contributed by atoms with Crippen LogP contribution in [0.5, 0.6) is 17.2 Å². The molecule has 1 saturated carbocycles. The number of benzene rings is 2. The fourth-order valence-electron chi connectivity index (χ4n) is 5.73. The van der Waals surface area contributed by atoms with Crippen molar-refractivity contribution in [1.29, 1.82) is 0 Å². The molecular weight excluding hydrogens is 544 g/mol. The van der Waals surface area contributed by atoms with Crippen molar-refractivity contribution < 1.29 is 24.1 Å². The topological polar surface area (TPSA) is 87.6 Å². The second-order valence-electron chi connectivity index (χ2n) is 12.1. The summed E-state index contributed by atoms with van der Waals surface area (Å²) in [7, 11) is 3.76. The highest BCUT2D eigenvalue weighted by molar-refractivity contribution is 5.93. The summed E-state index contributed by atoms with van der Waals surface area (Å²) < 4.78 is 17.6. The maximum absolute atomic E-state index is 13.1. The molecule has 9 nitrogen and oxygen atoms in total. The molecule has 3 heterocycles. The zero-order valence-corrected chi connectivity index (χ0v) is 25.2. The molecule has 228 valence electrons. The van der Waals surface area contributed by atoms with Gasteiger partial charge in [-0.15, -0.1) is 0 Å². The Morgan fingerprint density at radius 3 is 2.40 bits per heavy atom. The van der Waals surface area contributed by atoms with Crippen LogP contribution in [0.15, 0.2) is 60.8 Å². The molecule has 2 aliphatic heterocycles. The van der Waals surface area contributed by atoms with Gasteiger partial charge in [-0.05, 0) is 60.7 Å². The molecule has 3 fully saturated rings. The largest absolute Gasteiger partial charge is 0.493 e. The molecule has 1 amide bonds. The van der Waals surface area contributed by atoms with Gasteiger partial charge >= 0.3 is 0 Å². The van der Waals surface area contributed by atoms with Gasteiger partial charge in [0, 0.05) is 64.0 Å². The minimum atomic E-state index is -0.598. The number of aromatic nitrogens is 1. The van der Waals surface area contributed by atoms with Crippen molar-refractivity contribution in [2.24, 2.45) is 0 Å². The number of aliphatic hydroxyl groups excluding tert-OH is 1. The minimum Gasteiger partial charge on any atom is -0.493 e. The van der Waals surface area contributed by atoms with Gasteiger partial charge in [0.1, 0.15) is 30.8 Å². The van der Waals surface area contributed by atoms with E-state index >= 15 is 0 Å². The number of hydrogen-bond acceptors (Lipinski definition) is 8. The van der Waals surface area contributed by atoms with Crippen molar-refractivity contribution in [2.45, 2.75) is 37.4 Å². The molecule has 6 rings (SSSR count). The van der Waals surface area contributed by atoms with Gasteiger partial charge in [-0.3, -0.25) is 14.7 Å². The average molecular weight is 587 g/mol. The highest BCUT2D eigenvalue weighted by Gasteiger charge is 2.33. The average Bonchev–Trinajstić information content (AvgIpc) is 3.86. The summed E-state index contributed by atoms with van der Waals surface area (Å²) in [5.74, 6) is 2.77. The van der Waals surface area contributed by atoms with Crippen LogP contribution in [-0.2, 0) is 6.61 Å². The van der Waals surface area contributed by atoms with E-state index in [4.69, 9.17) is 14.2 Å².